The Kier molecular flexibility index (Phi) is 7.39. The van der Waals surface area contributed by atoms with E-state index in [1.807, 2.05) is 19.1 Å². The number of methoxy groups -OCH3 is 2. The molecule has 1 amide bonds. The van der Waals surface area contributed by atoms with Crippen molar-refractivity contribution in [3.05, 3.63) is 29.3 Å². The number of nitrogens with one attached hydrogen (secondary N) is 2. The lowest BCUT2D eigenvalue weighted by atomic mass is 10.1. The van der Waals surface area contributed by atoms with Gasteiger partial charge >= 0.3 is 6.09 Å². The van der Waals surface area contributed by atoms with Gasteiger partial charge in [-0.15, -0.1) is 0 Å². The zero-order valence-electron chi connectivity index (χ0n) is 14.0. The molecular formula is C16H26N3O3+. The van der Waals surface area contributed by atoms with Crippen LogP contribution in [0.25, 0.3) is 0 Å². The second-order valence-electron chi connectivity index (χ2n) is 4.96. The molecule has 0 aliphatic heterocycles. The van der Waals surface area contributed by atoms with Gasteiger partial charge in [0.25, 0.3) is 0 Å². The lowest BCUT2D eigenvalue weighted by molar-refractivity contribution is -0.910. The van der Waals surface area contributed by atoms with Crippen molar-refractivity contribution in [1.29, 1.82) is 0 Å². The molecule has 1 aromatic carbocycles. The topological polar surface area (TPSA) is 64.4 Å². The number of carbonyl (C=O) groups excluding carboxylic acids is 1. The summed E-state index contributed by atoms with van der Waals surface area (Å²) < 4.78 is 9.94. The van der Waals surface area contributed by atoms with Crippen molar-refractivity contribution in [1.82, 2.24) is 5.43 Å². The minimum Gasteiger partial charge on any atom is -0.496 e. The summed E-state index contributed by atoms with van der Waals surface area (Å²) in [5.74, 6) is 0.872. The van der Waals surface area contributed by atoms with Crippen molar-refractivity contribution < 1.29 is 19.2 Å². The third-order valence-electron chi connectivity index (χ3n) is 3.64. The van der Waals surface area contributed by atoms with Crippen LogP contribution in [-0.4, -0.2) is 39.1 Å². The number of hydrogen-bond donors (Lipinski definition) is 2. The molecule has 0 saturated carbocycles. The Balaban J connectivity index is 3.00. The van der Waals surface area contributed by atoms with Crippen molar-refractivity contribution in [2.24, 2.45) is 5.10 Å². The quantitative estimate of drug-likeness (QED) is 0.588. The van der Waals surface area contributed by atoms with Crippen LogP contribution in [0.4, 0.5) is 4.79 Å². The predicted octanol–water partition coefficient (Wildman–Crippen LogP) is 1.20. The molecule has 0 bridgehead atoms. The molecule has 0 atom stereocenters. The van der Waals surface area contributed by atoms with Gasteiger partial charge in [0.05, 0.1) is 33.0 Å². The number of nitrogens with zero attached hydrogens (tertiary/aromatic N) is 1. The van der Waals surface area contributed by atoms with Gasteiger partial charge < -0.3 is 14.4 Å². The van der Waals surface area contributed by atoms with Crippen LogP contribution in [0.3, 0.4) is 0 Å². The smallest absolute Gasteiger partial charge is 0.427 e. The first kappa shape index (κ1) is 18.0. The molecular weight excluding hydrogens is 282 g/mol. The van der Waals surface area contributed by atoms with Crippen LogP contribution in [0, 0.1) is 0 Å². The second-order valence-corrected chi connectivity index (χ2v) is 4.96. The van der Waals surface area contributed by atoms with E-state index >= 15 is 0 Å². The first-order chi connectivity index (χ1) is 10.5. The molecule has 1 aromatic rings. The van der Waals surface area contributed by atoms with E-state index < -0.39 is 6.09 Å². The summed E-state index contributed by atoms with van der Waals surface area (Å²) in [5, 5.41) is 4.03. The molecule has 0 aliphatic carbocycles. The maximum absolute atomic E-state index is 11.1. The van der Waals surface area contributed by atoms with Crippen molar-refractivity contribution >= 4 is 11.8 Å². The summed E-state index contributed by atoms with van der Waals surface area (Å²) >= 11 is 0. The number of ether oxygens (including phenoxy) is 2. The number of hydrazone groups is 1. The standard InChI is InChI=1S/C16H25N3O3/c1-6-19(7-2)11-14-10-13(8-9-15(14)21-4)12(3)17-18-16(20)22-5/h8-10H,6-7,11H2,1-5H3,(H,18,20)/p+1/b17-12-. The summed E-state index contributed by atoms with van der Waals surface area (Å²) in [5.41, 5.74) is 5.12. The summed E-state index contributed by atoms with van der Waals surface area (Å²) in [4.78, 5) is 12.5. The monoisotopic (exact) mass is 308 g/mol. The predicted molar refractivity (Wildman–Crippen MR) is 86.5 cm³/mol. The molecule has 1 rings (SSSR count). The van der Waals surface area contributed by atoms with E-state index in [0.29, 0.717) is 5.71 Å². The summed E-state index contributed by atoms with van der Waals surface area (Å²) in [6, 6.07) is 5.92. The highest BCUT2D eigenvalue weighted by Gasteiger charge is 2.12. The van der Waals surface area contributed by atoms with Gasteiger partial charge in [0.15, 0.2) is 0 Å². The average molecular weight is 308 g/mol. The van der Waals surface area contributed by atoms with Crippen LogP contribution in [0.2, 0.25) is 0 Å². The lowest BCUT2D eigenvalue weighted by Crippen LogP contribution is -3.10. The van der Waals surface area contributed by atoms with Crippen molar-refractivity contribution in [2.45, 2.75) is 27.3 Å². The third-order valence-corrected chi connectivity index (χ3v) is 3.64. The first-order valence-electron chi connectivity index (χ1n) is 7.44. The van der Waals surface area contributed by atoms with Crippen LogP contribution in [-0.2, 0) is 11.3 Å². The number of quaternary nitrogens is 1. The normalized spacial score (nSPS) is 11.5. The fourth-order valence-corrected chi connectivity index (χ4v) is 2.15. The van der Waals surface area contributed by atoms with Gasteiger partial charge in [-0.25, -0.2) is 10.2 Å². The van der Waals surface area contributed by atoms with Gasteiger partial charge in [0.2, 0.25) is 0 Å². The van der Waals surface area contributed by atoms with E-state index in [1.54, 1.807) is 7.11 Å². The van der Waals surface area contributed by atoms with E-state index in [9.17, 15) is 4.79 Å². The molecule has 0 heterocycles. The summed E-state index contributed by atoms with van der Waals surface area (Å²) in [6.45, 7) is 9.18. The number of carbonyl (C=O) groups is 1. The van der Waals surface area contributed by atoms with E-state index in [0.717, 1.165) is 36.5 Å². The Bertz CT molecular complexity index is 525. The molecule has 0 unspecified atom stereocenters. The Labute approximate surface area is 132 Å². The molecule has 2 N–H and O–H groups in total. The summed E-state index contributed by atoms with van der Waals surface area (Å²) in [7, 11) is 2.98. The van der Waals surface area contributed by atoms with Gasteiger partial charge in [0, 0.05) is 5.56 Å². The van der Waals surface area contributed by atoms with Gasteiger partial charge in [-0.3, -0.25) is 0 Å². The molecule has 0 radical (unpaired) electrons. The SMILES string of the molecule is CC[NH+](CC)Cc1cc(/C(C)=N\NC(=O)OC)ccc1OC. The molecule has 0 aromatic heterocycles. The lowest BCUT2D eigenvalue weighted by Gasteiger charge is -2.18. The Morgan fingerprint density at radius 1 is 1.27 bits per heavy atom. The number of amides is 1. The molecule has 0 fully saturated rings. The molecule has 122 valence electrons. The van der Waals surface area contributed by atoms with Crippen LogP contribution < -0.4 is 15.1 Å². The average Bonchev–Trinajstić information content (AvgIpc) is 2.56. The fraction of sp³-hybridized carbons (Fsp3) is 0.500. The van der Waals surface area contributed by atoms with Crippen molar-refractivity contribution in [3.63, 3.8) is 0 Å². The highest BCUT2D eigenvalue weighted by Crippen LogP contribution is 2.19. The van der Waals surface area contributed by atoms with E-state index in [-0.39, 0.29) is 0 Å². The largest absolute Gasteiger partial charge is 0.496 e. The zero-order valence-corrected chi connectivity index (χ0v) is 14.0. The maximum Gasteiger partial charge on any atom is 0.427 e. The Morgan fingerprint density at radius 2 is 1.95 bits per heavy atom. The number of rotatable bonds is 7. The van der Waals surface area contributed by atoms with Gasteiger partial charge in [-0.05, 0) is 44.5 Å². The van der Waals surface area contributed by atoms with Crippen LogP contribution in [0.1, 0.15) is 31.9 Å². The second kappa shape index (κ2) is 9.04. The maximum atomic E-state index is 11.1. The Hall–Kier alpha value is -2.08. The van der Waals surface area contributed by atoms with Crippen LogP contribution in [0.15, 0.2) is 23.3 Å². The zero-order chi connectivity index (χ0) is 16.5. The Morgan fingerprint density at radius 3 is 2.50 bits per heavy atom. The van der Waals surface area contributed by atoms with Gasteiger partial charge in [-0.1, -0.05) is 0 Å². The highest BCUT2D eigenvalue weighted by atomic mass is 16.5. The van der Waals surface area contributed by atoms with E-state index in [1.165, 1.54) is 12.0 Å². The van der Waals surface area contributed by atoms with E-state index in [2.05, 4.69) is 35.2 Å². The van der Waals surface area contributed by atoms with Crippen molar-refractivity contribution in [3.8, 4) is 5.75 Å². The molecule has 22 heavy (non-hydrogen) atoms. The van der Waals surface area contributed by atoms with Crippen LogP contribution in [0.5, 0.6) is 5.75 Å². The molecule has 0 spiro atoms. The molecule has 6 heteroatoms. The molecule has 0 aliphatic rings. The van der Waals surface area contributed by atoms with Gasteiger partial charge in [-0.2, -0.15) is 5.10 Å². The molecule has 6 nitrogen and oxygen atoms in total. The van der Waals surface area contributed by atoms with Gasteiger partial charge in [0.1, 0.15) is 12.3 Å². The highest BCUT2D eigenvalue weighted by molar-refractivity contribution is 5.99. The minimum atomic E-state index is -0.583. The van der Waals surface area contributed by atoms with Crippen LogP contribution >= 0.6 is 0 Å². The minimum absolute atomic E-state index is 0.583. The first-order valence-corrected chi connectivity index (χ1v) is 7.44. The molecule has 0 saturated heterocycles. The number of hydrogen-bond acceptors (Lipinski definition) is 4. The third kappa shape index (κ3) is 5.04. The fourth-order valence-electron chi connectivity index (χ4n) is 2.15. The van der Waals surface area contributed by atoms with E-state index in [4.69, 9.17) is 4.74 Å². The van der Waals surface area contributed by atoms with Crippen molar-refractivity contribution in [2.75, 3.05) is 27.3 Å². The number of benzene rings is 1. The summed E-state index contributed by atoms with van der Waals surface area (Å²) in [6.07, 6.45) is -0.583.